The van der Waals surface area contributed by atoms with Crippen LogP contribution in [0, 0.1) is 0 Å². The zero-order valence-corrected chi connectivity index (χ0v) is 29.0. The molecular weight excluding hydrogens is 641 g/mol. The zero-order chi connectivity index (χ0) is 35.1. The molecule has 2 nitrogen and oxygen atoms in total. The van der Waals surface area contributed by atoms with Crippen molar-refractivity contribution in [2.45, 2.75) is 0 Å². The largest absolute Gasteiger partial charge is 0.292 e. The van der Waals surface area contributed by atoms with Gasteiger partial charge in [-0.1, -0.05) is 164 Å². The van der Waals surface area contributed by atoms with Crippen molar-refractivity contribution in [2.24, 2.45) is 0 Å². The summed E-state index contributed by atoms with van der Waals surface area (Å²) in [4.78, 5) is 5.13. The summed E-state index contributed by atoms with van der Waals surface area (Å²) in [5.74, 6) is 0.932. The third kappa shape index (κ3) is 5.40. The number of imidazole rings is 1. The quantitative estimate of drug-likeness (QED) is 0.161. The zero-order valence-electron chi connectivity index (χ0n) is 29.0. The van der Waals surface area contributed by atoms with Gasteiger partial charge in [0.15, 0.2) is 0 Å². The lowest BCUT2D eigenvalue weighted by atomic mass is 9.84. The van der Waals surface area contributed by atoms with E-state index in [1.807, 2.05) is 0 Å². The van der Waals surface area contributed by atoms with Gasteiger partial charge < -0.3 is 0 Å². The van der Waals surface area contributed by atoms with Gasteiger partial charge in [0.2, 0.25) is 0 Å². The van der Waals surface area contributed by atoms with Crippen molar-refractivity contribution in [3.63, 3.8) is 0 Å². The topological polar surface area (TPSA) is 17.8 Å². The molecule has 0 amide bonds. The molecule has 0 aliphatic rings. The first-order chi connectivity index (χ1) is 26.3. The molecule has 9 aromatic carbocycles. The second-order valence-electron chi connectivity index (χ2n) is 13.5. The van der Waals surface area contributed by atoms with Gasteiger partial charge in [0.05, 0.1) is 11.0 Å². The molecular formula is C51H34N2. The molecule has 0 radical (unpaired) electrons. The van der Waals surface area contributed by atoms with Crippen LogP contribution in [0.1, 0.15) is 0 Å². The monoisotopic (exact) mass is 674 g/mol. The fraction of sp³-hybridized carbons (Fsp3) is 0. The smallest absolute Gasteiger partial charge is 0.145 e. The van der Waals surface area contributed by atoms with Crippen molar-refractivity contribution in [3.05, 3.63) is 206 Å². The molecule has 248 valence electrons. The lowest BCUT2D eigenvalue weighted by Crippen LogP contribution is -1.98. The van der Waals surface area contributed by atoms with Crippen LogP contribution in [0.2, 0.25) is 0 Å². The summed E-state index contributed by atoms with van der Waals surface area (Å²) in [5.41, 5.74) is 13.9. The van der Waals surface area contributed by atoms with E-state index in [4.69, 9.17) is 4.98 Å². The molecule has 0 aliphatic carbocycles. The number of fused-ring (bicyclic) bond motifs is 3. The van der Waals surface area contributed by atoms with Crippen LogP contribution in [0.25, 0.3) is 94.2 Å². The Labute approximate surface area is 308 Å². The summed E-state index contributed by atoms with van der Waals surface area (Å²) >= 11 is 0. The van der Waals surface area contributed by atoms with Gasteiger partial charge in [-0.25, -0.2) is 4.98 Å². The van der Waals surface area contributed by atoms with Gasteiger partial charge in [-0.2, -0.15) is 0 Å². The molecule has 0 aliphatic heterocycles. The van der Waals surface area contributed by atoms with Gasteiger partial charge in [0, 0.05) is 11.3 Å². The highest BCUT2D eigenvalue weighted by Crippen LogP contribution is 2.45. The minimum Gasteiger partial charge on any atom is -0.292 e. The normalized spacial score (nSPS) is 11.4. The van der Waals surface area contributed by atoms with Gasteiger partial charge in [0.25, 0.3) is 0 Å². The van der Waals surface area contributed by atoms with Crippen LogP contribution in [-0.2, 0) is 0 Å². The maximum absolute atomic E-state index is 5.13. The maximum atomic E-state index is 5.13. The van der Waals surface area contributed by atoms with Crippen LogP contribution in [0.5, 0.6) is 0 Å². The molecule has 0 spiro atoms. The predicted molar refractivity (Wildman–Crippen MR) is 223 cm³/mol. The molecule has 0 unspecified atom stereocenters. The molecule has 0 N–H and O–H groups in total. The number of rotatable bonds is 6. The molecule has 10 rings (SSSR count). The van der Waals surface area contributed by atoms with Crippen molar-refractivity contribution in [2.75, 3.05) is 0 Å². The molecule has 0 fully saturated rings. The molecule has 0 bridgehead atoms. The van der Waals surface area contributed by atoms with Crippen molar-refractivity contribution in [1.29, 1.82) is 0 Å². The van der Waals surface area contributed by atoms with Crippen LogP contribution >= 0.6 is 0 Å². The lowest BCUT2D eigenvalue weighted by molar-refractivity contribution is 1.10. The van der Waals surface area contributed by atoms with Crippen LogP contribution in [0.15, 0.2) is 206 Å². The van der Waals surface area contributed by atoms with Crippen LogP contribution in [-0.4, -0.2) is 9.55 Å². The summed E-state index contributed by atoms with van der Waals surface area (Å²) < 4.78 is 2.30. The van der Waals surface area contributed by atoms with Crippen molar-refractivity contribution >= 4 is 32.6 Å². The second-order valence-corrected chi connectivity index (χ2v) is 13.5. The van der Waals surface area contributed by atoms with E-state index >= 15 is 0 Å². The summed E-state index contributed by atoms with van der Waals surface area (Å²) in [6.07, 6.45) is 0. The first-order valence-corrected chi connectivity index (χ1v) is 18.1. The predicted octanol–water partition coefficient (Wildman–Crippen LogP) is 13.7. The van der Waals surface area contributed by atoms with Gasteiger partial charge in [-0.3, -0.25) is 4.57 Å². The summed E-state index contributed by atoms with van der Waals surface area (Å²) in [5, 5.41) is 4.91. The third-order valence-corrected chi connectivity index (χ3v) is 10.4. The summed E-state index contributed by atoms with van der Waals surface area (Å²) in [6, 6.07) is 74.2. The Hall–Kier alpha value is -7.03. The number of benzene rings is 9. The fourth-order valence-electron chi connectivity index (χ4n) is 7.99. The summed E-state index contributed by atoms with van der Waals surface area (Å²) in [7, 11) is 0. The number of nitrogens with zero attached hydrogens (tertiary/aromatic N) is 2. The Morgan fingerprint density at radius 1 is 0.302 bits per heavy atom. The first kappa shape index (κ1) is 30.8. The minimum atomic E-state index is 0.932. The molecule has 1 heterocycles. The number of hydrogen-bond acceptors (Lipinski definition) is 1. The molecule has 1 aromatic heterocycles. The average molecular weight is 675 g/mol. The van der Waals surface area contributed by atoms with Crippen molar-refractivity contribution < 1.29 is 0 Å². The highest BCUT2D eigenvalue weighted by Gasteiger charge is 2.20. The van der Waals surface area contributed by atoms with Crippen LogP contribution < -0.4 is 0 Å². The van der Waals surface area contributed by atoms with E-state index in [0.717, 1.165) is 28.1 Å². The van der Waals surface area contributed by atoms with E-state index in [0.29, 0.717) is 0 Å². The molecule has 0 saturated carbocycles. The van der Waals surface area contributed by atoms with E-state index in [2.05, 4.69) is 211 Å². The molecule has 2 heteroatoms. The van der Waals surface area contributed by atoms with Crippen molar-refractivity contribution in [1.82, 2.24) is 9.55 Å². The van der Waals surface area contributed by atoms with E-state index < -0.39 is 0 Å². The molecule has 0 saturated heterocycles. The Balaban J connectivity index is 1.23. The third-order valence-electron chi connectivity index (χ3n) is 10.4. The average Bonchev–Trinajstić information content (AvgIpc) is 3.63. The Bertz CT molecular complexity index is 2810. The maximum Gasteiger partial charge on any atom is 0.145 e. The van der Waals surface area contributed by atoms with E-state index in [1.165, 1.54) is 66.1 Å². The first-order valence-electron chi connectivity index (χ1n) is 18.1. The Morgan fingerprint density at radius 2 is 0.736 bits per heavy atom. The minimum absolute atomic E-state index is 0.932. The van der Waals surface area contributed by atoms with E-state index in [-0.39, 0.29) is 0 Å². The highest BCUT2D eigenvalue weighted by atomic mass is 15.1. The van der Waals surface area contributed by atoms with Gasteiger partial charge >= 0.3 is 0 Å². The van der Waals surface area contributed by atoms with Crippen LogP contribution in [0.3, 0.4) is 0 Å². The van der Waals surface area contributed by atoms with Crippen LogP contribution in [0.4, 0.5) is 0 Å². The van der Waals surface area contributed by atoms with Gasteiger partial charge in [-0.05, 0) is 109 Å². The molecule has 53 heavy (non-hydrogen) atoms. The van der Waals surface area contributed by atoms with Crippen molar-refractivity contribution in [3.8, 4) is 61.6 Å². The standard InChI is InChI=1S/C51H34N2/c1-4-17-35(18-5-1)39-31-40(36-19-6-2-7-20-36)33-41(32-39)50-45-27-12-10-25-43(45)49(44-26-11-13-28-46(44)50)38-23-16-24-42(34-38)53-48-30-15-14-29-47(48)52-51(53)37-21-8-3-9-22-37/h1-34H. The number of aromatic nitrogens is 2. The molecule has 10 aromatic rings. The van der Waals surface area contributed by atoms with Gasteiger partial charge in [0.1, 0.15) is 5.82 Å². The van der Waals surface area contributed by atoms with E-state index in [9.17, 15) is 0 Å². The Kier molecular flexibility index (Phi) is 7.51. The van der Waals surface area contributed by atoms with Gasteiger partial charge in [-0.15, -0.1) is 0 Å². The second kappa shape index (κ2) is 12.9. The molecule has 0 atom stereocenters. The number of para-hydroxylation sites is 2. The SMILES string of the molecule is c1ccc(-c2cc(-c3ccccc3)cc(-c3c4ccccc4c(-c4cccc(-n5c(-c6ccccc6)nc6ccccc65)c4)c4ccccc34)c2)cc1. The van der Waals surface area contributed by atoms with E-state index in [1.54, 1.807) is 0 Å². The highest BCUT2D eigenvalue weighted by molar-refractivity contribution is 6.21. The Morgan fingerprint density at radius 3 is 1.30 bits per heavy atom. The lowest BCUT2D eigenvalue weighted by Gasteiger charge is -2.20. The number of hydrogen-bond donors (Lipinski definition) is 0. The fourth-order valence-corrected chi connectivity index (χ4v) is 7.99. The summed E-state index contributed by atoms with van der Waals surface area (Å²) in [6.45, 7) is 0.